The lowest BCUT2D eigenvalue weighted by Crippen LogP contribution is -2.35. The molecule has 0 spiro atoms. The second-order valence-electron chi connectivity index (χ2n) is 6.40. The number of para-hydroxylation sites is 2. The van der Waals surface area contributed by atoms with Gasteiger partial charge >= 0.3 is 5.69 Å². The summed E-state index contributed by atoms with van der Waals surface area (Å²) < 4.78 is 5.36. The number of rotatable bonds is 8. The maximum absolute atomic E-state index is 12.3. The quantitative estimate of drug-likeness (QED) is 0.571. The van der Waals surface area contributed by atoms with Gasteiger partial charge in [-0.2, -0.15) is 0 Å². The molecular formula is C20H24N2O4. The molecule has 0 saturated heterocycles. The van der Waals surface area contributed by atoms with Crippen molar-refractivity contribution in [3.8, 4) is 5.75 Å². The Morgan fingerprint density at radius 1 is 1.15 bits per heavy atom. The number of nitrogens with one attached hydrogen (secondary N) is 1. The van der Waals surface area contributed by atoms with E-state index in [9.17, 15) is 14.9 Å². The molecule has 1 N–H and O–H groups in total. The summed E-state index contributed by atoms with van der Waals surface area (Å²) in [7, 11) is 0. The van der Waals surface area contributed by atoms with Crippen LogP contribution < -0.4 is 10.1 Å². The Balaban J connectivity index is 2.03. The molecule has 0 aliphatic heterocycles. The van der Waals surface area contributed by atoms with Crippen LogP contribution in [-0.2, 0) is 11.2 Å². The summed E-state index contributed by atoms with van der Waals surface area (Å²) in [5.41, 5.74) is 2.11. The van der Waals surface area contributed by atoms with Crippen LogP contribution in [-0.4, -0.2) is 17.4 Å². The van der Waals surface area contributed by atoms with Gasteiger partial charge < -0.3 is 10.1 Å². The van der Waals surface area contributed by atoms with Crippen LogP contribution in [0.4, 0.5) is 5.69 Å². The highest BCUT2D eigenvalue weighted by atomic mass is 16.6. The van der Waals surface area contributed by atoms with E-state index < -0.39 is 4.92 Å². The van der Waals surface area contributed by atoms with E-state index in [1.54, 1.807) is 12.1 Å². The lowest BCUT2D eigenvalue weighted by Gasteiger charge is -2.23. The molecule has 0 heterocycles. The van der Waals surface area contributed by atoms with E-state index >= 15 is 0 Å². The maximum atomic E-state index is 12.3. The molecule has 0 aliphatic carbocycles. The van der Waals surface area contributed by atoms with Gasteiger partial charge in [-0.1, -0.05) is 57.2 Å². The van der Waals surface area contributed by atoms with Gasteiger partial charge in [-0.05, 0) is 29.5 Å². The summed E-state index contributed by atoms with van der Waals surface area (Å²) in [5, 5.41) is 14.0. The van der Waals surface area contributed by atoms with Crippen molar-refractivity contribution in [3.63, 3.8) is 0 Å². The lowest BCUT2D eigenvalue weighted by molar-refractivity contribution is -0.385. The first-order valence-electron chi connectivity index (χ1n) is 8.66. The number of aryl methyl sites for hydroxylation is 1. The first-order valence-corrected chi connectivity index (χ1v) is 8.66. The van der Waals surface area contributed by atoms with E-state index in [-0.39, 0.29) is 35.9 Å². The van der Waals surface area contributed by atoms with Crippen LogP contribution in [0.2, 0.25) is 0 Å². The van der Waals surface area contributed by atoms with Crippen LogP contribution in [0.5, 0.6) is 5.75 Å². The number of carbonyl (C=O) groups is 1. The topological polar surface area (TPSA) is 81.5 Å². The molecule has 138 valence electrons. The number of amides is 1. The van der Waals surface area contributed by atoms with Gasteiger partial charge in [0, 0.05) is 6.07 Å². The Bertz CT molecular complexity index is 757. The summed E-state index contributed by atoms with van der Waals surface area (Å²) in [6, 6.07) is 14.0. The molecule has 1 amide bonds. The van der Waals surface area contributed by atoms with E-state index in [0.29, 0.717) is 0 Å². The molecule has 0 radical (unpaired) electrons. The number of ether oxygens (including phenoxy) is 1. The van der Waals surface area contributed by atoms with Gasteiger partial charge in [0.05, 0.1) is 11.0 Å². The standard InChI is InChI=1S/C20H24N2O4/c1-4-15-9-11-16(12-10-15)20(14(2)3)21-19(23)13-26-18-8-6-5-7-17(18)22(24)25/h5-12,14,20H,4,13H2,1-3H3,(H,21,23)/t20-/m1/s1. The zero-order valence-electron chi connectivity index (χ0n) is 15.3. The number of carbonyl (C=O) groups excluding carboxylic acids is 1. The second-order valence-corrected chi connectivity index (χ2v) is 6.40. The summed E-state index contributed by atoms with van der Waals surface area (Å²) in [6.07, 6.45) is 0.961. The first kappa shape index (κ1) is 19.4. The van der Waals surface area contributed by atoms with Crippen molar-refractivity contribution in [1.82, 2.24) is 5.32 Å². The highest BCUT2D eigenvalue weighted by Gasteiger charge is 2.20. The third kappa shape index (κ3) is 5.05. The van der Waals surface area contributed by atoms with Crippen LogP contribution in [0.1, 0.15) is 37.9 Å². The third-order valence-electron chi connectivity index (χ3n) is 4.15. The first-order chi connectivity index (χ1) is 12.4. The summed E-state index contributed by atoms with van der Waals surface area (Å²) in [4.78, 5) is 22.8. The molecule has 0 saturated carbocycles. The third-order valence-corrected chi connectivity index (χ3v) is 4.15. The van der Waals surface area contributed by atoms with Crippen LogP contribution >= 0.6 is 0 Å². The van der Waals surface area contributed by atoms with Gasteiger partial charge in [-0.3, -0.25) is 14.9 Å². The second kappa shape index (κ2) is 8.99. The van der Waals surface area contributed by atoms with Crippen molar-refractivity contribution in [3.05, 3.63) is 69.8 Å². The number of nitro benzene ring substituents is 1. The molecule has 0 unspecified atom stereocenters. The van der Waals surface area contributed by atoms with Gasteiger partial charge in [-0.15, -0.1) is 0 Å². The van der Waals surface area contributed by atoms with Gasteiger partial charge in [0.1, 0.15) is 0 Å². The monoisotopic (exact) mass is 356 g/mol. The fourth-order valence-corrected chi connectivity index (χ4v) is 2.68. The van der Waals surface area contributed by atoms with Crippen molar-refractivity contribution >= 4 is 11.6 Å². The van der Waals surface area contributed by atoms with Crippen molar-refractivity contribution in [2.75, 3.05) is 6.61 Å². The van der Waals surface area contributed by atoms with Gasteiger partial charge in [0.2, 0.25) is 0 Å². The van der Waals surface area contributed by atoms with Crippen LogP contribution in [0.3, 0.4) is 0 Å². The molecule has 6 nitrogen and oxygen atoms in total. The number of nitrogens with zero attached hydrogens (tertiary/aromatic N) is 1. The zero-order chi connectivity index (χ0) is 19.1. The number of hydrogen-bond donors (Lipinski definition) is 1. The van der Waals surface area contributed by atoms with Crippen LogP contribution in [0.15, 0.2) is 48.5 Å². The zero-order valence-corrected chi connectivity index (χ0v) is 15.3. The minimum atomic E-state index is -0.528. The van der Waals surface area contributed by atoms with Crippen molar-refractivity contribution in [2.45, 2.75) is 33.2 Å². The van der Waals surface area contributed by atoms with Crippen LogP contribution in [0.25, 0.3) is 0 Å². The molecule has 2 aromatic rings. The van der Waals surface area contributed by atoms with Gasteiger partial charge in [-0.25, -0.2) is 0 Å². The highest BCUT2D eigenvalue weighted by molar-refractivity contribution is 5.78. The summed E-state index contributed by atoms with van der Waals surface area (Å²) >= 11 is 0. The SMILES string of the molecule is CCc1ccc([C@H](NC(=O)COc2ccccc2[N+](=O)[O-])C(C)C)cc1. The van der Waals surface area contributed by atoms with Crippen LogP contribution in [0, 0.1) is 16.0 Å². The van der Waals surface area contributed by atoms with E-state index in [1.165, 1.54) is 17.7 Å². The Hall–Kier alpha value is -2.89. The molecule has 0 aliphatic rings. The summed E-state index contributed by atoms with van der Waals surface area (Å²) in [6.45, 7) is 5.88. The normalized spacial score (nSPS) is 11.8. The average Bonchev–Trinajstić information content (AvgIpc) is 2.64. The van der Waals surface area contributed by atoms with E-state index in [2.05, 4.69) is 24.4 Å². The number of nitro groups is 1. The number of hydrogen-bond acceptors (Lipinski definition) is 4. The Morgan fingerprint density at radius 3 is 2.38 bits per heavy atom. The maximum Gasteiger partial charge on any atom is 0.310 e. The average molecular weight is 356 g/mol. The van der Waals surface area contributed by atoms with Crippen molar-refractivity contribution < 1.29 is 14.5 Å². The fourth-order valence-electron chi connectivity index (χ4n) is 2.68. The van der Waals surface area contributed by atoms with E-state index in [0.717, 1.165) is 12.0 Å². The molecule has 0 bridgehead atoms. The number of benzene rings is 2. The minimum absolute atomic E-state index is 0.0843. The molecule has 0 fully saturated rings. The Labute approximate surface area is 153 Å². The van der Waals surface area contributed by atoms with E-state index in [1.807, 2.05) is 26.0 Å². The van der Waals surface area contributed by atoms with Gasteiger partial charge in [0.25, 0.3) is 5.91 Å². The molecule has 2 rings (SSSR count). The van der Waals surface area contributed by atoms with Gasteiger partial charge in [0.15, 0.2) is 12.4 Å². The predicted molar refractivity (Wildman–Crippen MR) is 100 cm³/mol. The fraction of sp³-hybridized carbons (Fsp3) is 0.350. The molecule has 2 aromatic carbocycles. The molecule has 0 aromatic heterocycles. The predicted octanol–water partition coefficient (Wildman–Crippen LogP) is 4.05. The van der Waals surface area contributed by atoms with Crippen molar-refractivity contribution in [2.24, 2.45) is 5.92 Å². The Kier molecular flexibility index (Phi) is 6.72. The lowest BCUT2D eigenvalue weighted by atomic mass is 9.95. The van der Waals surface area contributed by atoms with Crippen molar-refractivity contribution in [1.29, 1.82) is 0 Å². The largest absolute Gasteiger partial charge is 0.477 e. The molecule has 6 heteroatoms. The Morgan fingerprint density at radius 2 is 1.81 bits per heavy atom. The summed E-state index contributed by atoms with van der Waals surface area (Å²) in [5.74, 6) is -0.0417. The smallest absolute Gasteiger partial charge is 0.310 e. The highest BCUT2D eigenvalue weighted by Crippen LogP contribution is 2.26. The minimum Gasteiger partial charge on any atom is -0.477 e. The molecule has 26 heavy (non-hydrogen) atoms. The molecular weight excluding hydrogens is 332 g/mol. The van der Waals surface area contributed by atoms with E-state index in [4.69, 9.17) is 4.74 Å². The molecule has 1 atom stereocenters.